The minimum atomic E-state index is 0. The maximum absolute atomic E-state index is 8.61. The largest absolute Gasteiger partial charge is 1.00 e. The van der Waals surface area contributed by atoms with Crippen LogP contribution in [0.3, 0.4) is 0 Å². The van der Waals surface area contributed by atoms with Gasteiger partial charge < -0.3 is 12.4 Å². The van der Waals surface area contributed by atoms with Crippen LogP contribution in [0.4, 0.5) is 0 Å². The van der Waals surface area contributed by atoms with E-state index in [0.29, 0.717) is 6.42 Å². The second-order valence-corrected chi connectivity index (χ2v) is 3.97. The molecule has 0 atom stereocenters. The molecule has 2 nitrogen and oxygen atoms in total. The van der Waals surface area contributed by atoms with E-state index in [-0.39, 0.29) is 12.4 Å². The number of hydrogen-bond donors (Lipinski definition) is 0. The van der Waals surface area contributed by atoms with E-state index in [2.05, 4.69) is 22.8 Å². The van der Waals surface area contributed by atoms with Gasteiger partial charge in [0.1, 0.15) is 18.2 Å². The Labute approximate surface area is 92.8 Å². The average molecular weight is 225 g/mol. The van der Waals surface area contributed by atoms with Crippen molar-refractivity contribution in [3.05, 3.63) is 29.3 Å². The molecule has 1 heterocycles. The van der Waals surface area contributed by atoms with Crippen molar-refractivity contribution in [2.45, 2.75) is 6.42 Å². The fraction of sp³-hybridized carbons (Fsp3) is 0.200. The van der Waals surface area contributed by atoms with Crippen LogP contribution in [0.15, 0.2) is 24.3 Å². The highest BCUT2D eigenvalue weighted by atomic mass is 35.5. The molecule has 1 aromatic heterocycles. The van der Waals surface area contributed by atoms with Gasteiger partial charge >= 0.3 is 0 Å². The highest BCUT2D eigenvalue weighted by molar-refractivity contribution is 7.18. The summed E-state index contributed by atoms with van der Waals surface area (Å²) in [5, 5.41) is 9.73. The Morgan fingerprint density at radius 2 is 2.14 bits per heavy atom. The number of rotatable bonds is 1. The summed E-state index contributed by atoms with van der Waals surface area (Å²) in [5.74, 6) is 0. The second-order valence-electron chi connectivity index (χ2n) is 2.86. The highest BCUT2D eigenvalue weighted by Gasteiger charge is 2.14. The maximum atomic E-state index is 8.61. The zero-order valence-electron chi connectivity index (χ0n) is 7.70. The minimum absolute atomic E-state index is 0. The van der Waals surface area contributed by atoms with Gasteiger partial charge in [0.15, 0.2) is 0 Å². The average Bonchev–Trinajstić information content (AvgIpc) is 2.46. The molecule has 4 heteroatoms. The standard InChI is InChI=1S/C10H9N2S.ClH/c1-12-8-4-2-3-5-9(8)13-10(12)6-7-11;/h2-5H,6H2,1H3;1H/q+1;/p-1. The molecule has 0 unspecified atom stereocenters. The smallest absolute Gasteiger partial charge is 0.252 e. The molecule has 0 bridgehead atoms. The molecule has 0 fully saturated rings. The minimum Gasteiger partial charge on any atom is -1.00 e. The molecule has 0 saturated carbocycles. The number of nitrogens with zero attached hydrogens (tertiary/aromatic N) is 2. The molecule has 1 aromatic carbocycles. The van der Waals surface area contributed by atoms with Crippen LogP contribution in [0.2, 0.25) is 0 Å². The quantitative estimate of drug-likeness (QED) is 0.559. The second kappa shape index (κ2) is 4.41. The summed E-state index contributed by atoms with van der Waals surface area (Å²) in [4.78, 5) is 0. The van der Waals surface area contributed by atoms with E-state index in [1.807, 2.05) is 19.2 Å². The Morgan fingerprint density at radius 1 is 1.43 bits per heavy atom. The van der Waals surface area contributed by atoms with Crippen LogP contribution in [-0.2, 0) is 13.5 Å². The van der Waals surface area contributed by atoms with Crippen molar-refractivity contribution in [2.24, 2.45) is 7.05 Å². The van der Waals surface area contributed by atoms with E-state index in [1.54, 1.807) is 11.3 Å². The van der Waals surface area contributed by atoms with Crippen LogP contribution in [0.5, 0.6) is 0 Å². The molecule has 0 spiro atoms. The SMILES string of the molecule is C[n+]1c(CC#N)sc2ccccc21.[Cl-]. The zero-order valence-corrected chi connectivity index (χ0v) is 9.27. The molecule has 0 aliphatic heterocycles. The lowest BCUT2D eigenvalue weighted by atomic mass is 10.3. The van der Waals surface area contributed by atoms with Crippen LogP contribution >= 0.6 is 11.3 Å². The van der Waals surface area contributed by atoms with Gasteiger partial charge in [-0.3, -0.25) is 0 Å². The molecule has 0 saturated heterocycles. The molecule has 2 rings (SSSR count). The first kappa shape index (κ1) is 11.0. The molecule has 0 amide bonds. The fourth-order valence-electron chi connectivity index (χ4n) is 1.37. The van der Waals surface area contributed by atoms with Crippen molar-refractivity contribution >= 4 is 21.6 Å². The number of aromatic nitrogens is 1. The molecular weight excluding hydrogens is 216 g/mol. The summed E-state index contributed by atoms with van der Waals surface area (Å²) in [6.45, 7) is 0. The topological polar surface area (TPSA) is 27.7 Å². The van der Waals surface area contributed by atoms with Crippen LogP contribution < -0.4 is 17.0 Å². The Kier molecular flexibility index (Phi) is 3.45. The van der Waals surface area contributed by atoms with Gasteiger partial charge in [-0.2, -0.15) is 9.83 Å². The van der Waals surface area contributed by atoms with Gasteiger partial charge in [-0.15, -0.1) is 0 Å². The summed E-state index contributed by atoms with van der Waals surface area (Å²) >= 11 is 1.69. The Bertz CT molecular complexity index is 484. The Morgan fingerprint density at radius 3 is 2.79 bits per heavy atom. The van der Waals surface area contributed by atoms with Crippen LogP contribution in [0.1, 0.15) is 5.01 Å². The number of halogens is 1. The molecule has 0 N–H and O–H groups in total. The highest BCUT2D eigenvalue weighted by Crippen LogP contribution is 2.19. The first-order valence-electron chi connectivity index (χ1n) is 4.06. The number of benzene rings is 1. The van der Waals surface area contributed by atoms with E-state index < -0.39 is 0 Å². The van der Waals surface area contributed by atoms with E-state index in [1.165, 1.54) is 10.2 Å². The van der Waals surface area contributed by atoms with Crippen molar-refractivity contribution in [2.75, 3.05) is 0 Å². The van der Waals surface area contributed by atoms with E-state index >= 15 is 0 Å². The predicted octanol–water partition coefficient (Wildman–Crippen LogP) is -1.20. The molecule has 14 heavy (non-hydrogen) atoms. The number of nitriles is 1. The summed E-state index contributed by atoms with van der Waals surface area (Å²) in [6, 6.07) is 10.4. The lowest BCUT2D eigenvalue weighted by Crippen LogP contribution is -3.00. The molecule has 0 aliphatic rings. The van der Waals surface area contributed by atoms with E-state index in [0.717, 1.165) is 5.01 Å². The fourth-order valence-corrected chi connectivity index (χ4v) is 2.45. The molecule has 72 valence electrons. The van der Waals surface area contributed by atoms with Gasteiger partial charge in [0.2, 0.25) is 5.52 Å². The van der Waals surface area contributed by atoms with Crippen molar-refractivity contribution in [1.82, 2.24) is 0 Å². The van der Waals surface area contributed by atoms with E-state index in [4.69, 9.17) is 5.26 Å². The van der Waals surface area contributed by atoms with E-state index in [9.17, 15) is 0 Å². The number of aryl methyl sites for hydroxylation is 1. The molecule has 0 aliphatic carbocycles. The maximum Gasteiger partial charge on any atom is 0.252 e. The van der Waals surface area contributed by atoms with Gasteiger partial charge in [-0.25, -0.2) is 0 Å². The monoisotopic (exact) mass is 224 g/mol. The summed E-state index contributed by atoms with van der Waals surface area (Å²) < 4.78 is 3.33. The van der Waals surface area contributed by atoms with Gasteiger partial charge in [0.25, 0.3) is 5.01 Å². The van der Waals surface area contributed by atoms with Crippen LogP contribution in [0, 0.1) is 11.3 Å². The molecular formula is C10H9ClN2S. The van der Waals surface area contributed by atoms with Crippen molar-refractivity contribution in [1.29, 1.82) is 5.26 Å². The summed E-state index contributed by atoms with van der Waals surface area (Å²) in [5.41, 5.74) is 1.21. The zero-order chi connectivity index (χ0) is 9.26. The lowest BCUT2D eigenvalue weighted by Gasteiger charge is -1.84. The molecule has 0 radical (unpaired) electrons. The van der Waals surface area contributed by atoms with Crippen LogP contribution in [-0.4, -0.2) is 0 Å². The van der Waals surface area contributed by atoms with Gasteiger partial charge in [-0.1, -0.05) is 23.5 Å². The van der Waals surface area contributed by atoms with Gasteiger partial charge in [0.05, 0.1) is 6.07 Å². The molecule has 2 aromatic rings. The normalized spacial score (nSPS) is 9.43. The number of hydrogen-bond acceptors (Lipinski definition) is 2. The number of thiazole rings is 1. The first-order chi connectivity index (χ1) is 6.33. The predicted molar refractivity (Wildman–Crippen MR) is 52.3 cm³/mol. The first-order valence-corrected chi connectivity index (χ1v) is 4.88. The third kappa shape index (κ3) is 1.72. The Balaban J connectivity index is 0.000000980. The van der Waals surface area contributed by atoms with Crippen molar-refractivity contribution in [3.8, 4) is 6.07 Å². The summed E-state index contributed by atoms with van der Waals surface area (Å²) in [7, 11) is 2.01. The van der Waals surface area contributed by atoms with Gasteiger partial charge in [-0.05, 0) is 6.07 Å². The van der Waals surface area contributed by atoms with Crippen molar-refractivity contribution < 1.29 is 17.0 Å². The number of fused-ring (bicyclic) bond motifs is 1. The van der Waals surface area contributed by atoms with Gasteiger partial charge in [0, 0.05) is 6.07 Å². The summed E-state index contributed by atoms with van der Waals surface area (Å²) in [6.07, 6.45) is 0.496. The lowest BCUT2D eigenvalue weighted by molar-refractivity contribution is -0.647. The van der Waals surface area contributed by atoms with Crippen molar-refractivity contribution in [3.63, 3.8) is 0 Å². The third-order valence-corrected chi connectivity index (χ3v) is 3.28. The third-order valence-electron chi connectivity index (χ3n) is 2.06. The van der Waals surface area contributed by atoms with Crippen LogP contribution in [0.25, 0.3) is 10.2 Å². The Hall–Kier alpha value is -1.11. The number of para-hydroxylation sites is 1.